The summed E-state index contributed by atoms with van der Waals surface area (Å²) in [5.74, 6) is 1.61. The van der Waals surface area contributed by atoms with Crippen LogP contribution in [0.4, 0.5) is 0 Å². The summed E-state index contributed by atoms with van der Waals surface area (Å²) in [4.78, 5) is 9.21. The third-order valence-corrected chi connectivity index (χ3v) is 4.46. The standard InChI is InChI=1S/C16H26N4O2.HI/c17-16(20-8-11-21-12-9-20)18-13-14(15-5-4-10-22-15)19-6-2-1-3-7-19;/h4-5,10,14H,1-3,6-9,11-13H2,(H2,17,18);1H. The zero-order valence-corrected chi connectivity index (χ0v) is 15.9. The van der Waals surface area contributed by atoms with Gasteiger partial charge in [-0.15, -0.1) is 24.0 Å². The SMILES string of the molecule is I.NC(=NCC(c1ccco1)N1CCCCC1)N1CCOCC1. The summed E-state index contributed by atoms with van der Waals surface area (Å²) in [6.45, 7) is 5.97. The van der Waals surface area contributed by atoms with E-state index in [1.54, 1.807) is 6.26 Å². The van der Waals surface area contributed by atoms with Gasteiger partial charge >= 0.3 is 0 Å². The zero-order valence-electron chi connectivity index (χ0n) is 13.5. The van der Waals surface area contributed by atoms with E-state index >= 15 is 0 Å². The van der Waals surface area contributed by atoms with Crippen molar-refractivity contribution in [2.75, 3.05) is 45.9 Å². The summed E-state index contributed by atoms with van der Waals surface area (Å²) < 4.78 is 11.0. The number of nitrogens with two attached hydrogens (primary N) is 1. The number of aliphatic imine (C=N–C) groups is 1. The molecule has 0 aromatic carbocycles. The molecule has 2 aliphatic heterocycles. The van der Waals surface area contributed by atoms with E-state index in [-0.39, 0.29) is 30.0 Å². The predicted octanol–water partition coefficient (Wildman–Crippen LogP) is 2.07. The van der Waals surface area contributed by atoms with Gasteiger partial charge in [-0.25, -0.2) is 0 Å². The second-order valence-corrected chi connectivity index (χ2v) is 5.93. The number of morpholine rings is 1. The first-order chi connectivity index (χ1) is 10.8. The van der Waals surface area contributed by atoms with Crippen LogP contribution >= 0.6 is 24.0 Å². The molecule has 1 aromatic rings. The van der Waals surface area contributed by atoms with Crippen LogP contribution in [0.1, 0.15) is 31.1 Å². The molecular weight excluding hydrogens is 407 g/mol. The number of rotatable bonds is 4. The Bertz CT molecular complexity index is 468. The number of nitrogens with zero attached hydrogens (tertiary/aromatic N) is 3. The Morgan fingerprint density at radius 1 is 1.17 bits per heavy atom. The maximum Gasteiger partial charge on any atom is 0.191 e. The van der Waals surface area contributed by atoms with Gasteiger partial charge < -0.3 is 19.8 Å². The van der Waals surface area contributed by atoms with Crippen LogP contribution in [0, 0.1) is 0 Å². The van der Waals surface area contributed by atoms with Crippen LogP contribution in [-0.4, -0.2) is 61.7 Å². The normalized spacial score (nSPS) is 21.7. The van der Waals surface area contributed by atoms with Crippen molar-refractivity contribution >= 4 is 29.9 Å². The number of halogens is 1. The fraction of sp³-hybridized carbons (Fsp3) is 0.688. The first-order valence-corrected chi connectivity index (χ1v) is 8.24. The van der Waals surface area contributed by atoms with Crippen LogP contribution in [0.25, 0.3) is 0 Å². The predicted molar refractivity (Wildman–Crippen MR) is 101 cm³/mol. The Balaban J connectivity index is 0.00000192. The Kier molecular flexibility index (Phi) is 7.64. The summed E-state index contributed by atoms with van der Waals surface area (Å²) in [5.41, 5.74) is 6.15. The van der Waals surface area contributed by atoms with Gasteiger partial charge in [0.05, 0.1) is 32.1 Å². The number of likely N-dealkylation sites (tertiary alicyclic amines) is 1. The van der Waals surface area contributed by atoms with Crippen molar-refractivity contribution in [3.63, 3.8) is 0 Å². The Labute approximate surface area is 155 Å². The molecular formula is C16H27IN4O2. The lowest BCUT2D eigenvalue weighted by molar-refractivity contribution is 0.0672. The van der Waals surface area contributed by atoms with Gasteiger partial charge in [-0.3, -0.25) is 9.89 Å². The number of hydrogen-bond acceptors (Lipinski definition) is 4. The van der Waals surface area contributed by atoms with Crippen LogP contribution < -0.4 is 5.73 Å². The first-order valence-electron chi connectivity index (χ1n) is 8.24. The summed E-state index contributed by atoms with van der Waals surface area (Å²) in [6.07, 6.45) is 5.56. The molecule has 1 unspecified atom stereocenters. The van der Waals surface area contributed by atoms with Crippen molar-refractivity contribution in [3.05, 3.63) is 24.2 Å². The van der Waals surface area contributed by atoms with Gasteiger partial charge in [0, 0.05) is 13.1 Å². The van der Waals surface area contributed by atoms with Gasteiger partial charge in [0.2, 0.25) is 0 Å². The molecule has 0 amide bonds. The molecule has 7 heteroatoms. The highest BCUT2D eigenvalue weighted by Gasteiger charge is 2.24. The van der Waals surface area contributed by atoms with Crippen LogP contribution in [0.3, 0.4) is 0 Å². The molecule has 23 heavy (non-hydrogen) atoms. The zero-order chi connectivity index (χ0) is 15.2. The van der Waals surface area contributed by atoms with Crippen molar-refractivity contribution in [2.45, 2.75) is 25.3 Å². The van der Waals surface area contributed by atoms with E-state index < -0.39 is 0 Å². The lowest BCUT2D eigenvalue weighted by Gasteiger charge is -2.33. The molecule has 1 atom stereocenters. The monoisotopic (exact) mass is 434 g/mol. The molecule has 2 N–H and O–H groups in total. The molecule has 1 aromatic heterocycles. The molecule has 6 nitrogen and oxygen atoms in total. The molecule has 0 bridgehead atoms. The highest BCUT2D eigenvalue weighted by molar-refractivity contribution is 14.0. The van der Waals surface area contributed by atoms with E-state index in [0.717, 1.165) is 45.2 Å². The van der Waals surface area contributed by atoms with Crippen LogP contribution in [0.15, 0.2) is 27.8 Å². The van der Waals surface area contributed by atoms with Crippen molar-refractivity contribution < 1.29 is 9.15 Å². The maximum absolute atomic E-state index is 6.15. The van der Waals surface area contributed by atoms with Crippen molar-refractivity contribution in [1.82, 2.24) is 9.80 Å². The summed E-state index contributed by atoms with van der Waals surface area (Å²) >= 11 is 0. The third-order valence-electron chi connectivity index (χ3n) is 4.46. The quantitative estimate of drug-likeness (QED) is 0.447. The minimum atomic E-state index is 0. The second-order valence-electron chi connectivity index (χ2n) is 5.93. The summed E-state index contributed by atoms with van der Waals surface area (Å²) in [7, 11) is 0. The van der Waals surface area contributed by atoms with E-state index in [2.05, 4.69) is 14.8 Å². The molecule has 2 saturated heterocycles. The third kappa shape index (κ3) is 5.09. The van der Waals surface area contributed by atoms with Crippen LogP contribution in [0.2, 0.25) is 0 Å². The van der Waals surface area contributed by atoms with E-state index in [0.29, 0.717) is 12.5 Å². The molecule has 0 aliphatic carbocycles. The van der Waals surface area contributed by atoms with Crippen molar-refractivity contribution in [2.24, 2.45) is 10.7 Å². The molecule has 2 fully saturated rings. The van der Waals surface area contributed by atoms with Crippen molar-refractivity contribution in [3.8, 4) is 0 Å². The fourth-order valence-corrected chi connectivity index (χ4v) is 3.17. The molecule has 0 spiro atoms. The minimum Gasteiger partial charge on any atom is -0.468 e. The number of guanidine groups is 1. The molecule has 3 heterocycles. The topological polar surface area (TPSA) is 67.2 Å². The first kappa shape index (κ1) is 18.5. The molecule has 0 saturated carbocycles. The second kappa shape index (κ2) is 9.48. The van der Waals surface area contributed by atoms with E-state index in [1.807, 2.05) is 12.1 Å². The smallest absolute Gasteiger partial charge is 0.191 e. The van der Waals surface area contributed by atoms with Gasteiger partial charge in [-0.05, 0) is 38.1 Å². The Morgan fingerprint density at radius 2 is 1.91 bits per heavy atom. The average molecular weight is 434 g/mol. The highest BCUT2D eigenvalue weighted by Crippen LogP contribution is 2.25. The summed E-state index contributed by atoms with van der Waals surface area (Å²) in [5, 5.41) is 0. The highest BCUT2D eigenvalue weighted by atomic mass is 127. The average Bonchev–Trinajstić information content (AvgIpc) is 3.11. The lowest BCUT2D eigenvalue weighted by atomic mass is 10.1. The van der Waals surface area contributed by atoms with Gasteiger partial charge in [0.25, 0.3) is 0 Å². The Hall–Kier alpha value is -0.800. The number of ether oxygens (including phenoxy) is 1. The van der Waals surface area contributed by atoms with E-state index in [4.69, 9.17) is 14.9 Å². The molecule has 3 rings (SSSR count). The largest absolute Gasteiger partial charge is 0.468 e. The number of hydrogen-bond donors (Lipinski definition) is 1. The van der Waals surface area contributed by atoms with Crippen LogP contribution in [0.5, 0.6) is 0 Å². The van der Waals surface area contributed by atoms with Gasteiger partial charge in [0.15, 0.2) is 5.96 Å². The fourth-order valence-electron chi connectivity index (χ4n) is 3.17. The molecule has 2 aliphatic rings. The van der Waals surface area contributed by atoms with Gasteiger partial charge in [0.1, 0.15) is 5.76 Å². The number of furan rings is 1. The summed E-state index contributed by atoms with van der Waals surface area (Å²) in [6, 6.07) is 4.18. The van der Waals surface area contributed by atoms with Gasteiger partial charge in [-0.2, -0.15) is 0 Å². The van der Waals surface area contributed by atoms with Crippen LogP contribution in [-0.2, 0) is 4.74 Å². The molecule has 0 radical (unpaired) electrons. The van der Waals surface area contributed by atoms with Crippen molar-refractivity contribution in [1.29, 1.82) is 0 Å². The Morgan fingerprint density at radius 3 is 2.57 bits per heavy atom. The van der Waals surface area contributed by atoms with E-state index in [1.165, 1.54) is 19.3 Å². The van der Waals surface area contributed by atoms with Gasteiger partial charge in [-0.1, -0.05) is 6.42 Å². The maximum atomic E-state index is 6.15. The lowest BCUT2D eigenvalue weighted by Crippen LogP contribution is -2.45. The molecule has 130 valence electrons. The minimum absolute atomic E-state index is 0. The number of piperidine rings is 1. The van der Waals surface area contributed by atoms with E-state index in [9.17, 15) is 0 Å².